The maximum atomic E-state index is 12.6. The number of carbonyl (C=O) groups excluding carboxylic acids is 1. The van der Waals surface area contributed by atoms with E-state index in [-0.39, 0.29) is 30.5 Å². The minimum Gasteiger partial charge on any atom is -0.375 e. The van der Waals surface area contributed by atoms with Crippen molar-refractivity contribution in [3.63, 3.8) is 0 Å². The summed E-state index contributed by atoms with van der Waals surface area (Å²) in [5, 5.41) is 3.92. The Kier molecular flexibility index (Phi) is 8.25. The second-order valence-corrected chi connectivity index (χ2v) is 6.94. The van der Waals surface area contributed by atoms with E-state index in [1.165, 1.54) is 12.8 Å². The number of halogens is 1. The van der Waals surface area contributed by atoms with E-state index in [0.717, 1.165) is 31.8 Å². The number of hydrogen-bond donors (Lipinski definition) is 1. The van der Waals surface area contributed by atoms with Gasteiger partial charge in [-0.2, -0.15) is 11.8 Å². The number of amides is 1. The van der Waals surface area contributed by atoms with Gasteiger partial charge in [-0.1, -0.05) is 13.3 Å². The van der Waals surface area contributed by atoms with Crippen LogP contribution in [0.4, 0.5) is 0 Å². The molecule has 0 aromatic rings. The molecule has 2 fully saturated rings. The first-order chi connectivity index (χ1) is 9.22. The highest BCUT2D eigenvalue weighted by atomic mass is 35.5. The number of nitrogens with one attached hydrogen (secondary N) is 1. The molecular formula is C14H27ClN2O2S. The monoisotopic (exact) mass is 322 g/mol. The molecule has 2 aliphatic heterocycles. The van der Waals surface area contributed by atoms with Gasteiger partial charge in [-0.3, -0.25) is 4.79 Å². The number of likely N-dealkylation sites (tertiary alicyclic amines) is 1. The molecule has 118 valence electrons. The summed E-state index contributed by atoms with van der Waals surface area (Å²) in [6.07, 6.45) is 3.61. The maximum absolute atomic E-state index is 12.6. The van der Waals surface area contributed by atoms with Gasteiger partial charge >= 0.3 is 0 Å². The van der Waals surface area contributed by atoms with Crippen LogP contribution in [0.2, 0.25) is 0 Å². The molecule has 0 aromatic heterocycles. The summed E-state index contributed by atoms with van der Waals surface area (Å²) in [5.74, 6) is 1.37. The summed E-state index contributed by atoms with van der Waals surface area (Å²) in [7, 11) is 0. The molecular weight excluding hydrogens is 296 g/mol. The van der Waals surface area contributed by atoms with E-state index in [9.17, 15) is 4.79 Å². The van der Waals surface area contributed by atoms with Crippen molar-refractivity contribution in [1.29, 1.82) is 0 Å². The van der Waals surface area contributed by atoms with Crippen molar-refractivity contribution in [2.24, 2.45) is 0 Å². The second-order valence-electron chi connectivity index (χ2n) is 5.37. The highest BCUT2D eigenvalue weighted by molar-refractivity contribution is 7.99. The van der Waals surface area contributed by atoms with E-state index in [4.69, 9.17) is 4.74 Å². The lowest BCUT2D eigenvalue weighted by Gasteiger charge is -2.34. The smallest absolute Gasteiger partial charge is 0.242 e. The van der Waals surface area contributed by atoms with E-state index in [1.54, 1.807) is 0 Å². The molecule has 20 heavy (non-hydrogen) atoms. The van der Waals surface area contributed by atoms with Gasteiger partial charge in [0.2, 0.25) is 5.91 Å². The van der Waals surface area contributed by atoms with Crippen molar-refractivity contribution in [1.82, 2.24) is 10.2 Å². The predicted molar refractivity (Wildman–Crippen MR) is 86.8 cm³/mol. The zero-order valence-corrected chi connectivity index (χ0v) is 14.1. The molecule has 1 unspecified atom stereocenters. The molecule has 3 atom stereocenters. The molecule has 2 saturated heterocycles. The fraction of sp³-hybridized carbons (Fsp3) is 0.929. The Hall–Kier alpha value is 0.0300. The lowest BCUT2D eigenvalue weighted by molar-refractivity contribution is -0.139. The third kappa shape index (κ3) is 4.79. The lowest BCUT2D eigenvalue weighted by atomic mass is 10.1. The van der Waals surface area contributed by atoms with Crippen LogP contribution in [0, 0.1) is 0 Å². The van der Waals surface area contributed by atoms with E-state index < -0.39 is 0 Å². The number of rotatable bonds is 3. The van der Waals surface area contributed by atoms with Crippen LogP contribution in [-0.2, 0) is 9.53 Å². The third-order valence-electron chi connectivity index (χ3n) is 3.92. The van der Waals surface area contributed by atoms with Crippen LogP contribution in [0.3, 0.4) is 0 Å². The Bertz CT molecular complexity index is 307. The highest BCUT2D eigenvalue weighted by Gasteiger charge is 2.33. The lowest BCUT2D eigenvalue weighted by Crippen LogP contribution is -2.57. The summed E-state index contributed by atoms with van der Waals surface area (Å²) in [5.41, 5.74) is 0. The van der Waals surface area contributed by atoms with Gasteiger partial charge in [0.15, 0.2) is 0 Å². The minimum atomic E-state index is -0.154. The number of hydrogen-bond acceptors (Lipinski definition) is 4. The average molecular weight is 323 g/mol. The zero-order chi connectivity index (χ0) is 13.7. The summed E-state index contributed by atoms with van der Waals surface area (Å²) >= 11 is 1.99. The van der Waals surface area contributed by atoms with Gasteiger partial charge in [-0.25, -0.2) is 0 Å². The van der Waals surface area contributed by atoms with E-state index >= 15 is 0 Å². The van der Waals surface area contributed by atoms with Crippen molar-refractivity contribution < 1.29 is 9.53 Å². The van der Waals surface area contributed by atoms with Crippen molar-refractivity contribution in [3.05, 3.63) is 0 Å². The molecule has 1 N–H and O–H groups in total. The molecule has 0 aliphatic carbocycles. The summed E-state index contributed by atoms with van der Waals surface area (Å²) < 4.78 is 5.59. The van der Waals surface area contributed by atoms with Crippen molar-refractivity contribution in [2.45, 2.75) is 50.5 Å². The van der Waals surface area contributed by atoms with Crippen LogP contribution in [-0.4, -0.2) is 60.2 Å². The average Bonchev–Trinajstić information content (AvgIpc) is 2.65. The molecule has 6 heteroatoms. The molecule has 1 amide bonds. The topological polar surface area (TPSA) is 41.6 Å². The number of ether oxygens (including phenoxy) is 1. The van der Waals surface area contributed by atoms with Crippen molar-refractivity contribution >= 4 is 30.1 Å². The largest absolute Gasteiger partial charge is 0.375 e. The van der Waals surface area contributed by atoms with Crippen molar-refractivity contribution in [3.8, 4) is 0 Å². The summed E-state index contributed by atoms with van der Waals surface area (Å²) in [6, 6.07) is -0.154. The van der Waals surface area contributed by atoms with Gasteiger partial charge in [-0.15, -0.1) is 12.4 Å². The summed E-state index contributed by atoms with van der Waals surface area (Å²) in [6.45, 7) is 7.48. The quantitative estimate of drug-likeness (QED) is 0.862. The van der Waals surface area contributed by atoms with Crippen LogP contribution >= 0.6 is 24.2 Å². The van der Waals surface area contributed by atoms with Crippen LogP contribution in [0.25, 0.3) is 0 Å². The van der Waals surface area contributed by atoms with Crippen LogP contribution in [0.5, 0.6) is 0 Å². The molecule has 0 saturated carbocycles. The van der Waals surface area contributed by atoms with Gasteiger partial charge in [0.25, 0.3) is 0 Å². The highest BCUT2D eigenvalue weighted by Crippen LogP contribution is 2.23. The van der Waals surface area contributed by atoms with Gasteiger partial charge in [0.1, 0.15) is 6.04 Å². The molecule has 4 nitrogen and oxygen atoms in total. The number of morpholine rings is 1. The van der Waals surface area contributed by atoms with Gasteiger partial charge < -0.3 is 15.0 Å². The maximum Gasteiger partial charge on any atom is 0.242 e. The third-order valence-corrected chi connectivity index (χ3v) is 5.11. The van der Waals surface area contributed by atoms with Gasteiger partial charge in [-0.05, 0) is 25.5 Å². The van der Waals surface area contributed by atoms with Crippen LogP contribution in [0.1, 0.15) is 33.1 Å². The SMILES string of the molecule is CCSC1CCCCN(C(=O)[C@H]2NCCO[C@@H]2C)C1.Cl. The molecule has 0 spiro atoms. The van der Waals surface area contributed by atoms with E-state index in [2.05, 4.69) is 17.1 Å². The van der Waals surface area contributed by atoms with Crippen LogP contribution < -0.4 is 5.32 Å². The summed E-state index contributed by atoms with van der Waals surface area (Å²) in [4.78, 5) is 14.7. The Balaban J connectivity index is 0.00000200. The van der Waals surface area contributed by atoms with E-state index in [1.807, 2.05) is 18.7 Å². The molecule has 0 aromatic carbocycles. The fourth-order valence-corrected chi connectivity index (χ4v) is 3.97. The van der Waals surface area contributed by atoms with Gasteiger partial charge in [0, 0.05) is 24.9 Å². The number of thioether (sulfide) groups is 1. The van der Waals surface area contributed by atoms with Crippen molar-refractivity contribution in [2.75, 3.05) is 32.0 Å². The zero-order valence-electron chi connectivity index (χ0n) is 12.5. The Labute approximate surface area is 132 Å². The normalized spacial score (nSPS) is 31.3. The molecule has 2 heterocycles. The molecule has 0 bridgehead atoms. The Morgan fingerprint density at radius 1 is 1.45 bits per heavy atom. The van der Waals surface area contributed by atoms with Gasteiger partial charge in [0.05, 0.1) is 12.7 Å². The second kappa shape index (κ2) is 9.13. The Morgan fingerprint density at radius 3 is 2.95 bits per heavy atom. The molecule has 2 aliphatic rings. The minimum absolute atomic E-state index is 0. The fourth-order valence-electron chi connectivity index (χ4n) is 2.88. The number of carbonyl (C=O) groups is 1. The first-order valence-electron chi connectivity index (χ1n) is 7.47. The molecule has 0 radical (unpaired) electrons. The molecule has 2 rings (SSSR count). The standard InChI is InChI=1S/C14H26N2O2S.ClH/c1-3-19-12-6-4-5-8-16(10-12)14(17)13-11(2)18-9-7-15-13;/h11-13,15H,3-10H2,1-2H3;1H/t11-,12?,13+;/m1./s1. The predicted octanol–water partition coefficient (Wildman–Crippen LogP) is 1.92. The Morgan fingerprint density at radius 2 is 2.25 bits per heavy atom. The first-order valence-corrected chi connectivity index (χ1v) is 8.52. The number of nitrogens with zero attached hydrogens (tertiary/aromatic N) is 1. The van der Waals surface area contributed by atoms with E-state index in [0.29, 0.717) is 11.9 Å². The van der Waals surface area contributed by atoms with Crippen LogP contribution in [0.15, 0.2) is 0 Å². The first kappa shape index (κ1) is 18.1.